The summed E-state index contributed by atoms with van der Waals surface area (Å²) in [5, 5.41) is 3.18. The molecule has 0 unspecified atom stereocenters. The first-order valence-corrected chi connectivity index (χ1v) is 13.1. The second-order valence-electron chi connectivity index (χ2n) is 7.98. The number of rotatable bonds is 10. The van der Waals surface area contributed by atoms with Crippen LogP contribution in [0.15, 0.2) is 42.5 Å². The van der Waals surface area contributed by atoms with Gasteiger partial charge in [-0.2, -0.15) is 0 Å². The second kappa shape index (κ2) is 11.5. The van der Waals surface area contributed by atoms with Gasteiger partial charge in [0, 0.05) is 18.1 Å². The zero-order valence-corrected chi connectivity index (χ0v) is 21.3. The third-order valence-corrected chi connectivity index (χ3v) is 6.93. The number of anilines is 1. The summed E-state index contributed by atoms with van der Waals surface area (Å²) in [6.07, 6.45) is 1.44. The first kappa shape index (κ1) is 26.7. The Bertz CT molecular complexity index is 1090. The molecule has 1 atom stereocenters. The molecule has 0 bridgehead atoms. The maximum atomic E-state index is 13.6. The number of hydrogen-bond donors (Lipinski definition) is 1. The summed E-state index contributed by atoms with van der Waals surface area (Å²) in [6.45, 7) is 7.47. The van der Waals surface area contributed by atoms with Crippen molar-refractivity contribution in [2.45, 2.75) is 46.7 Å². The van der Waals surface area contributed by atoms with Crippen LogP contribution in [-0.4, -0.2) is 50.5 Å². The summed E-state index contributed by atoms with van der Waals surface area (Å²) in [4.78, 5) is 27.8. The Morgan fingerprint density at radius 1 is 1.06 bits per heavy atom. The van der Waals surface area contributed by atoms with Crippen LogP contribution in [0.4, 0.5) is 5.69 Å². The number of nitrogens with one attached hydrogen (secondary N) is 1. The van der Waals surface area contributed by atoms with Crippen molar-refractivity contribution in [2.24, 2.45) is 0 Å². The fourth-order valence-electron chi connectivity index (χ4n) is 3.56. The van der Waals surface area contributed by atoms with Gasteiger partial charge < -0.3 is 10.2 Å². The average molecular weight is 494 g/mol. The van der Waals surface area contributed by atoms with Gasteiger partial charge in [0.05, 0.1) is 11.9 Å². The first-order valence-electron chi connectivity index (χ1n) is 10.8. The largest absolute Gasteiger partial charge is 0.355 e. The Hall–Kier alpha value is -2.58. The van der Waals surface area contributed by atoms with Gasteiger partial charge >= 0.3 is 0 Å². The van der Waals surface area contributed by atoms with Crippen LogP contribution in [-0.2, 0) is 26.2 Å². The number of halogens is 1. The van der Waals surface area contributed by atoms with Crippen LogP contribution in [0.25, 0.3) is 0 Å². The van der Waals surface area contributed by atoms with Crippen LogP contribution in [0.3, 0.4) is 0 Å². The van der Waals surface area contributed by atoms with Gasteiger partial charge in [0.25, 0.3) is 0 Å². The van der Waals surface area contributed by atoms with Crippen LogP contribution in [0.1, 0.15) is 37.0 Å². The Kier molecular flexibility index (Phi) is 9.31. The molecule has 0 saturated heterocycles. The van der Waals surface area contributed by atoms with Gasteiger partial charge in [0.1, 0.15) is 12.6 Å². The molecular formula is C24H32ClN3O4S. The predicted octanol–water partition coefficient (Wildman–Crippen LogP) is 3.67. The van der Waals surface area contributed by atoms with Gasteiger partial charge in [0.2, 0.25) is 21.8 Å². The van der Waals surface area contributed by atoms with Crippen molar-refractivity contribution in [2.75, 3.05) is 23.7 Å². The van der Waals surface area contributed by atoms with E-state index in [2.05, 4.69) is 5.32 Å². The highest BCUT2D eigenvalue weighted by atomic mass is 35.5. The average Bonchev–Trinajstić information content (AvgIpc) is 2.75. The van der Waals surface area contributed by atoms with Crippen molar-refractivity contribution in [1.29, 1.82) is 0 Å². The van der Waals surface area contributed by atoms with Crippen molar-refractivity contribution < 1.29 is 18.0 Å². The van der Waals surface area contributed by atoms with E-state index < -0.39 is 28.5 Å². The molecule has 0 spiro atoms. The summed E-state index contributed by atoms with van der Waals surface area (Å²) in [6, 6.07) is 11.8. The minimum absolute atomic E-state index is 0.181. The minimum atomic E-state index is -3.80. The van der Waals surface area contributed by atoms with E-state index in [9.17, 15) is 18.0 Å². The number of benzene rings is 2. The molecule has 0 saturated carbocycles. The smallest absolute Gasteiger partial charge is 0.244 e. The maximum absolute atomic E-state index is 13.6. The van der Waals surface area contributed by atoms with Crippen molar-refractivity contribution >= 4 is 39.1 Å². The maximum Gasteiger partial charge on any atom is 0.244 e. The van der Waals surface area contributed by atoms with E-state index in [-0.39, 0.29) is 12.5 Å². The fourth-order valence-corrected chi connectivity index (χ4v) is 4.63. The molecule has 1 N–H and O–H groups in total. The summed E-state index contributed by atoms with van der Waals surface area (Å²) >= 11 is 6.21. The minimum Gasteiger partial charge on any atom is -0.355 e. The van der Waals surface area contributed by atoms with Crippen molar-refractivity contribution in [1.82, 2.24) is 10.2 Å². The van der Waals surface area contributed by atoms with Gasteiger partial charge in [0.15, 0.2) is 0 Å². The van der Waals surface area contributed by atoms with Gasteiger partial charge in [-0.15, -0.1) is 0 Å². The Labute approximate surface area is 201 Å². The standard InChI is InChI=1S/C24H32ClN3O4S/c1-6-21(24(30)26-7-2)27(15-19-13-11-17(3)12-14-19)23(29)16-28(33(5,31)32)22-10-8-9-20(25)18(22)4/h8-14,21H,6-7,15-16H2,1-5H3,(H,26,30)/t21-/m1/s1. The lowest BCUT2D eigenvalue weighted by Gasteiger charge is -2.33. The Morgan fingerprint density at radius 2 is 1.70 bits per heavy atom. The fraction of sp³-hybridized carbons (Fsp3) is 0.417. The highest BCUT2D eigenvalue weighted by Crippen LogP contribution is 2.28. The number of carbonyl (C=O) groups is 2. The number of nitrogens with zero attached hydrogens (tertiary/aromatic N) is 2. The summed E-state index contributed by atoms with van der Waals surface area (Å²) in [7, 11) is -3.80. The molecule has 2 aromatic rings. The normalized spacial score (nSPS) is 12.2. The first-order chi connectivity index (χ1) is 15.5. The van der Waals surface area contributed by atoms with Crippen LogP contribution < -0.4 is 9.62 Å². The van der Waals surface area contributed by atoms with Crippen molar-refractivity contribution in [3.8, 4) is 0 Å². The SMILES string of the molecule is CCNC(=O)[C@@H](CC)N(Cc1ccc(C)cc1)C(=O)CN(c1cccc(Cl)c1C)S(C)(=O)=O. The molecule has 9 heteroatoms. The van der Waals surface area contributed by atoms with Gasteiger partial charge in [-0.25, -0.2) is 8.42 Å². The second-order valence-corrected chi connectivity index (χ2v) is 10.3. The molecule has 2 aromatic carbocycles. The van der Waals surface area contributed by atoms with Gasteiger partial charge in [-0.1, -0.05) is 54.4 Å². The quantitative estimate of drug-likeness (QED) is 0.547. The zero-order valence-electron chi connectivity index (χ0n) is 19.8. The lowest BCUT2D eigenvalue weighted by atomic mass is 10.1. The predicted molar refractivity (Wildman–Crippen MR) is 133 cm³/mol. The molecule has 0 heterocycles. The van der Waals surface area contributed by atoms with Gasteiger partial charge in [-0.3, -0.25) is 13.9 Å². The van der Waals surface area contributed by atoms with Crippen molar-refractivity contribution in [3.05, 3.63) is 64.2 Å². The number of aryl methyl sites for hydroxylation is 1. The third-order valence-electron chi connectivity index (χ3n) is 5.40. The van der Waals surface area contributed by atoms with Crippen LogP contribution >= 0.6 is 11.6 Å². The van der Waals surface area contributed by atoms with Crippen LogP contribution in [0, 0.1) is 13.8 Å². The molecule has 0 aliphatic rings. The molecule has 0 aliphatic carbocycles. The van der Waals surface area contributed by atoms with Crippen LogP contribution in [0.5, 0.6) is 0 Å². The lowest BCUT2D eigenvalue weighted by Crippen LogP contribution is -2.52. The van der Waals surface area contributed by atoms with E-state index in [1.807, 2.05) is 45.0 Å². The molecule has 2 amide bonds. The molecule has 0 aliphatic heterocycles. The summed E-state index contributed by atoms with van der Waals surface area (Å²) in [5.41, 5.74) is 2.81. The number of carbonyl (C=O) groups excluding carboxylic acids is 2. The van der Waals surface area contributed by atoms with Gasteiger partial charge in [-0.05, 0) is 50.5 Å². The number of hydrogen-bond acceptors (Lipinski definition) is 4. The number of amides is 2. The van der Waals surface area contributed by atoms with E-state index in [4.69, 9.17) is 11.6 Å². The molecule has 0 fully saturated rings. The topological polar surface area (TPSA) is 86.8 Å². The molecular weight excluding hydrogens is 462 g/mol. The van der Waals surface area contributed by atoms with Crippen LogP contribution in [0.2, 0.25) is 5.02 Å². The molecule has 33 heavy (non-hydrogen) atoms. The number of sulfonamides is 1. The zero-order chi connectivity index (χ0) is 24.8. The molecule has 7 nitrogen and oxygen atoms in total. The van der Waals surface area contributed by atoms with E-state index in [1.165, 1.54) is 4.90 Å². The Morgan fingerprint density at radius 3 is 2.24 bits per heavy atom. The molecule has 0 aromatic heterocycles. The monoisotopic (exact) mass is 493 g/mol. The van der Waals surface area contributed by atoms with Crippen molar-refractivity contribution in [3.63, 3.8) is 0 Å². The number of likely N-dealkylation sites (N-methyl/N-ethyl adjacent to an activating group) is 1. The van der Waals surface area contributed by atoms with E-state index in [0.29, 0.717) is 29.2 Å². The highest BCUT2D eigenvalue weighted by molar-refractivity contribution is 7.92. The highest BCUT2D eigenvalue weighted by Gasteiger charge is 2.32. The lowest BCUT2D eigenvalue weighted by molar-refractivity contribution is -0.140. The molecule has 0 radical (unpaired) electrons. The van der Waals surface area contributed by atoms with E-state index in [0.717, 1.165) is 21.7 Å². The summed E-state index contributed by atoms with van der Waals surface area (Å²) in [5.74, 6) is -0.746. The summed E-state index contributed by atoms with van der Waals surface area (Å²) < 4.78 is 26.4. The van der Waals surface area contributed by atoms with E-state index in [1.54, 1.807) is 25.1 Å². The molecule has 2 rings (SSSR count). The van der Waals surface area contributed by atoms with E-state index >= 15 is 0 Å². The Balaban J connectivity index is 2.47. The molecule has 180 valence electrons. The third kappa shape index (κ3) is 6.95.